The molecule has 0 bridgehead atoms. The van der Waals surface area contributed by atoms with Gasteiger partial charge in [0.1, 0.15) is 5.75 Å². The van der Waals surface area contributed by atoms with Crippen LogP contribution in [0.25, 0.3) is 0 Å². The van der Waals surface area contributed by atoms with Crippen molar-refractivity contribution in [3.05, 3.63) is 48.0 Å². The van der Waals surface area contributed by atoms with E-state index >= 15 is 0 Å². The van der Waals surface area contributed by atoms with E-state index < -0.39 is 10.0 Å². The Morgan fingerprint density at radius 1 is 1.04 bits per heavy atom. The van der Waals surface area contributed by atoms with Gasteiger partial charge in [-0.2, -0.15) is 0 Å². The van der Waals surface area contributed by atoms with Gasteiger partial charge in [-0.3, -0.25) is 4.72 Å². The van der Waals surface area contributed by atoms with Crippen molar-refractivity contribution in [2.24, 2.45) is 0 Å². The van der Waals surface area contributed by atoms with Crippen molar-refractivity contribution in [3.8, 4) is 5.75 Å². The number of hydrogen-bond acceptors (Lipinski definition) is 4. The standard InChI is InChI=1S/C17H22N2O3S/c1-12(2)18-17-10-5-14(11-13(17)3)19-23(20,21)16-8-6-15(22-4)7-9-16/h5-12,18-19H,1-4H3. The average Bonchev–Trinajstić information content (AvgIpc) is 2.49. The summed E-state index contributed by atoms with van der Waals surface area (Å²) in [6.45, 7) is 6.05. The van der Waals surface area contributed by atoms with Crippen molar-refractivity contribution in [2.45, 2.75) is 31.7 Å². The molecule has 124 valence electrons. The first-order valence-electron chi connectivity index (χ1n) is 7.36. The van der Waals surface area contributed by atoms with Gasteiger partial charge in [-0.25, -0.2) is 8.42 Å². The number of rotatable bonds is 6. The second-order valence-electron chi connectivity index (χ2n) is 5.61. The van der Waals surface area contributed by atoms with Gasteiger partial charge in [0.15, 0.2) is 0 Å². The summed E-state index contributed by atoms with van der Waals surface area (Å²) >= 11 is 0. The Bertz CT molecular complexity index is 769. The first kappa shape index (κ1) is 17.1. The molecule has 0 unspecified atom stereocenters. The lowest BCUT2D eigenvalue weighted by molar-refractivity contribution is 0.414. The molecule has 2 rings (SSSR count). The molecular weight excluding hydrogens is 312 g/mol. The van der Waals surface area contributed by atoms with E-state index in [0.29, 0.717) is 17.5 Å². The largest absolute Gasteiger partial charge is 0.497 e. The molecule has 0 saturated heterocycles. The number of anilines is 2. The van der Waals surface area contributed by atoms with Crippen molar-refractivity contribution < 1.29 is 13.2 Å². The summed E-state index contributed by atoms with van der Waals surface area (Å²) in [5.74, 6) is 0.615. The molecule has 2 N–H and O–H groups in total. The Balaban J connectivity index is 2.21. The quantitative estimate of drug-likeness (QED) is 0.846. The highest BCUT2D eigenvalue weighted by molar-refractivity contribution is 7.92. The molecule has 0 saturated carbocycles. The van der Waals surface area contributed by atoms with Crippen molar-refractivity contribution >= 4 is 21.4 Å². The fraction of sp³-hybridized carbons (Fsp3) is 0.294. The Hall–Kier alpha value is -2.21. The van der Waals surface area contributed by atoms with Crippen molar-refractivity contribution in [3.63, 3.8) is 0 Å². The summed E-state index contributed by atoms with van der Waals surface area (Å²) in [7, 11) is -2.08. The highest BCUT2D eigenvalue weighted by atomic mass is 32.2. The van der Waals surface area contributed by atoms with Crippen LogP contribution in [0.5, 0.6) is 5.75 Å². The van der Waals surface area contributed by atoms with Crippen LogP contribution in [0.15, 0.2) is 47.4 Å². The topological polar surface area (TPSA) is 67.4 Å². The van der Waals surface area contributed by atoms with Gasteiger partial charge < -0.3 is 10.1 Å². The zero-order valence-corrected chi connectivity index (χ0v) is 14.6. The van der Waals surface area contributed by atoms with Crippen LogP contribution in [0, 0.1) is 6.92 Å². The minimum absolute atomic E-state index is 0.195. The maximum atomic E-state index is 12.4. The van der Waals surface area contributed by atoms with E-state index in [1.165, 1.54) is 19.2 Å². The Morgan fingerprint density at radius 3 is 2.22 bits per heavy atom. The van der Waals surface area contributed by atoms with Crippen molar-refractivity contribution in [2.75, 3.05) is 17.1 Å². The second kappa shape index (κ2) is 6.91. The number of nitrogens with one attached hydrogen (secondary N) is 2. The van der Waals surface area contributed by atoms with Crippen molar-refractivity contribution in [1.29, 1.82) is 0 Å². The molecule has 0 heterocycles. The Kier molecular flexibility index (Phi) is 5.15. The molecule has 23 heavy (non-hydrogen) atoms. The predicted molar refractivity (Wildman–Crippen MR) is 93.7 cm³/mol. The predicted octanol–water partition coefficient (Wildman–Crippen LogP) is 3.62. The Morgan fingerprint density at radius 2 is 1.70 bits per heavy atom. The lowest BCUT2D eigenvalue weighted by Crippen LogP contribution is -2.14. The molecule has 0 amide bonds. The summed E-state index contributed by atoms with van der Waals surface area (Å²) in [4.78, 5) is 0.195. The normalized spacial score (nSPS) is 11.3. The smallest absolute Gasteiger partial charge is 0.261 e. The fourth-order valence-electron chi connectivity index (χ4n) is 2.17. The van der Waals surface area contributed by atoms with Gasteiger partial charge in [-0.15, -0.1) is 0 Å². The van der Waals surface area contributed by atoms with E-state index in [2.05, 4.69) is 23.9 Å². The minimum atomic E-state index is -3.62. The molecule has 0 spiro atoms. The van der Waals surface area contributed by atoms with Gasteiger partial charge in [0.25, 0.3) is 10.0 Å². The molecule has 0 atom stereocenters. The van der Waals surface area contributed by atoms with Gasteiger partial charge in [0.05, 0.1) is 12.0 Å². The Labute approximate surface area is 137 Å². The number of aryl methyl sites for hydroxylation is 1. The van der Waals surface area contributed by atoms with Crippen LogP contribution in [0.4, 0.5) is 11.4 Å². The third kappa shape index (κ3) is 4.39. The third-order valence-corrected chi connectivity index (χ3v) is 4.69. The first-order valence-corrected chi connectivity index (χ1v) is 8.84. The molecule has 0 radical (unpaired) electrons. The molecule has 0 aliphatic rings. The van der Waals surface area contributed by atoms with Crippen LogP contribution >= 0.6 is 0 Å². The number of benzene rings is 2. The summed E-state index contributed by atoms with van der Waals surface area (Å²) in [5.41, 5.74) is 2.51. The average molecular weight is 334 g/mol. The lowest BCUT2D eigenvalue weighted by Gasteiger charge is -2.15. The van der Waals surface area contributed by atoms with E-state index in [4.69, 9.17) is 4.74 Å². The zero-order chi connectivity index (χ0) is 17.0. The summed E-state index contributed by atoms with van der Waals surface area (Å²) in [6, 6.07) is 12.0. The SMILES string of the molecule is COc1ccc(S(=O)(=O)Nc2ccc(NC(C)C)c(C)c2)cc1. The lowest BCUT2D eigenvalue weighted by atomic mass is 10.1. The third-order valence-electron chi connectivity index (χ3n) is 3.29. The maximum Gasteiger partial charge on any atom is 0.261 e. The molecule has 0 aliphatic carbocycles. The van der Waals surface area contributed by atoms with Crippen LogP contribution in [-0.4, -0.2) is 21.6 Å². The number of hydrogen-bond donors (Lipinski definition) is 2. The van der Waals surface area contributed by atoms with Gasteiger partial charge >= 0.3 is 0 Å². The summed E-state index contributed by atoms with van der Waals surface area (Å²) in [5, 5.41) is 3.32. The van der Waals surface area contributed by atoms with Gasteiger partial charge in [0, 0.05) is 17.4 Å². The van der Waals surface area contributed by atoms with Crippen LogP contribution in [0.2, 0.25) is 0 Å². The molecular formula is C17H22N2O3S. The monoisotopic (exact) mass is 334 g/mol. The minimum Gasteiger partial charge on any atom is -0.497 e. The fourth-order valence-corrected chi connectivity index (χ4v) is 3.22. The maximum absolute atomic E-state index is 12.4. The number of methoxy groups -OCH3 is 1. The first-order chi connectivity index (χ1) is 10.8. The van der Waals surface area contributed by atoms with Crippen LogP contribution in [0.1, 0.15) is 19.4 Å². The van der Waals surface area contributed by atoms with E-state index in [0.717, 1.165) is 11.3 Å². The molecule has 0 aliphatic heterocycles. The van der Waals surface area contributed by atoms with E-state index in [1.807, 2.05) is 19.1 Å². The second-order valence-corrected chi connectivity index (χ2v) is 7.29. The molecule has 0 aromatic heterocycles. The van der Waals surface area contributed by atoms with Gasteiger partial charge in [-0.1, -0.05) is 0 Å². The van der Waals surface area contributed by atoms with Crippen LogP contribution in [0.3, 0.4) is 0 Å². The highest BCUT2D eigenvalue weighted by Gasteiger charge is 2.14. The molecule has 2 aromatic carbocycles. The number of ether oxygens (including phenoxy) is 1. The zero-order valence-electron chi connectivity index (χ0n) is 13.8. The summed E-state index contributed by atoms with van der Waals surface area (Å²) < 4.78 is 32.5. The molecule has 5 nitrogen and oxygen atoms in total. The van der Waals surface area contributed by atoms with E-state index in [9.17, 15) is 8.42 Å². The molecule has 6 heteroatoms. The van der Waals surface area contributed by atoms with Gasteiger partial charge in [-0.05, 0) is 68.8 Å². The molecule has 0 fully saturated rings. The van der Waals surface area contributed by atoms with E-state index in [-0.39, 0.29) is 4.90 Å². The summed E-state index contributed by atoms with van der Waals surface area (Å²) in [6.07, 6.45) is 0. The van der Waals surface area contributed by atoms with E-state index in [1.54, 1.807) is 18.2 Å². The number of sulfonamides is 1. The van der Waals surface area contributed by atoms with Crippen molar-refractivity contribution in [1.82, 2.24) is 0 Å². The highest BCUT2D eigenvalue weighted by Crippen LogP contribution is 2.23. The van der Waals surface area contributed by atoms with Gasteiger partial charge in [0.2, 0.25) is 0 Å². The van der Waals surface area contributed by atoms with Crippen LogP contribution < -0.4 is 14.8 Å². The molecule has 2 aromatic rings. The van der Waals surface area contributed by atoms with Crippen LogP contribution in [-0.2, 0) is 10.0 Å².